The number of carbonyl (C=O) groups excluding carboxylic acids is 2. The van der Waals surface area contributed by atoms with Crippen LogP contribution in [0.2, 0.25) is 0 Å². The molecule has 1 saturated heterocycles. The highest BCUT2D eigenvalue weighted by molar-refractivity contribution is 6.47. The van der Waals surface area contributed by atoms with Crippen LogP contribution in [0.25, 0.3) is 0 Å². The molecule has 4 rings (SSSR count). The van der Waals surface area contributed by atoms with Crippen LogP contribution in [0.1, 0.15) is 92.4 Å². The Balaban J connectivity index is 1.67. The first-order chi connectivity index (χ1) is 17.9. The minimum Gasteiger partial charge on any atom is -0.404 e. The van der Waals surface area contributed by atoms with E-state index in [4.69, 9.17) is 25.9 Å². The van der Waals surface area contributed by atoms with Crippen LogP contribution in [0.3, 0.4) is 0 Å². The maximum absolute atomic E-state index is 13.5. The molecule has 1 heterocycles. The van der Waals surface area contributed by atoms with E-state index < -0.39 is 13.2 Å². The summed E-state index contributed by atoms with van der Waals surface area (Å²) in [5.74, 6) is 0.643. The summed E-state index contributed by atoms with van der Waals surface area (Å²) in [6.07, 6.45) is 6.22. The van der Waals surface area contributed by atoms with E-state index in [-0.39, 0.29) is 47.4 Å². The van der Waals surface area contributed by atoms with Gasteiger partial charge in [-0.05, 0) is 75.0 Å². The molecule has 4 aliphatic rings. The van der Waals surface area contributed by atoms with E-state index in [9.17, 15) is 9.59 Å². The maximum Gasteiger partial charge on any atom is 0.481 e. The molecule has 2 amide bonds. The second-order valence-electron chi connectivity index (χ2n) is 12.7. The summed E-state index contributed by atoms with van der Waals surface area (Å²) in [6, 6.07) is -0.713. The lowest BCUT2D eigenvalue weighted by atomic mass is 9.43. The Morgan fingerprint density at radius 1 is 1.11 bits per heavy atom. The smallest absolute Gasteiger partial charge is 0.404 e. The van der Waals surface area contributed by atoms with Gasteiger partial charge in [0.1, 0.15) is 6.04 Å². The van der Waals surface area contributed by atoms with E-state index in [0.29, 0.717) is 62.8 Å². The molecule has 2 bridgehead atoms. The quantitative estimate of drug-likeness (QED) is 0.0926. The van der Waals surface area contributed by atoms with Gasteiger partial charge in [-0.15, -0.1) is 0 Å². The Bertz CT molecular complexity index is 852. The van der Waals surface area contributed by atoms with Crippen LogP contribution in [0.4, 0.5) is 0 Å². The third kappa shape index (κ3) is 7.21. The monoisotopic (exact) mass is 535 g/mol. The first kappa shape index (κ1) is 30.7. The minimum atomic E-state index is -0.713. The van der Waals surface area contributed by atoms with Gasteiger partial charge < -0.3 is 36.5 Å². The number of nitrogens with one attached hydrogen (secondary N) is 2. The third-order valence-corrected chi connectivity index (χ3v) is 9.01. The molecule has 0 unspecified atom stereocenters. The number of rotatable bonds is 15. The molecule has 216 valence electrons. The number of nitrogens with two attached hydrogens (primary N) is 2. The fourth-order valence-electron chi connectivity index (χ4n) is 6.71. The predicted molar refractivity (Wildman–Crippen MR) is 149 cm³/mol. The Morgan fingerprint density at radius 2 is 1.84 bits per heavy atom. The molecule has 0 spiro atoms. The Labute approximate surface area is 228 Å². The molecular weight excluding hydrogens is 485 g/mol. The maximum atomic E-state index is 13.5. The molecule has 11 heteroatoms. The summed E-state index contributed by atoms with van der Waals surface area (Å²) >= 11 is 0. The molecule has 38 heavy (non-hydrogen) atoms. The standard InChI is InChI=1S/C27H50BN5O5/c1-17(2)14-22(28-37-21-16-18-15-20(26(18,3)4)27(21,5)38-28)33-24(36)19(10-9-12-31-25(29)30)32-23(35)11-7-6-8-13-34/h17-22,34H,6-16H2,1-5H3,(H,32,35)(H,33,36)(H4,29,30,31)/t18-,19-,20-,21+,22-,27-/m0/s1. The van der Waals surface area contributed by atoms with Gasteiger partial charge in [-0.2, -0.15) is 0 Å². The largest absolute Gasteiger partial charge is 0.481 e. The highest BCUT2D eigenvalue weighted by atomic mass is 16.7. The lowest BCUT2D eigenvalue weighted by Crippen LogP contribution is -2.65. The number of unbranched alkanes of at least 4 members (excludes halogenated alkanes) is 2. The summed E-state index contributed by atoms with van der Waals surface area (Å²) in [5, 5.41) is 15.1. The number of aliphatic imine (C=N–C) groups is 1. The molecule has 7 N–H and O–H groups in total. The van der Waals surface area contributed by atoms with E-state index in [1.807, 2.05) is 0 Å². The molecule has 4 fully saturated rings. The van der Waals surface area contributed by atoms with Crippen molar-refractivity contribution in [3.05, 3.63) is 0 Å². The van der Waals surface area contributed by atoms with Crippen LogP contribution in [0, 0.1) is 23.2 Å². The van der Waals surface area contributed by atoms with E-state index in [1.165, 1.54) is 6.42 Å². The fraction of sp³-hybridized carbons (Fsp3) is 0.889. The first-order valence-electron chi connectivity index (χ1n) is 14.5. The van der Waals surface area contributed by atoms with Crippen LogP contribution >= 0.6 is 0 Å². The van der Waals surface area contributed by atoms with E-state index in [2.05, 4.69) is 50.2 Å². The van der Waals surface area contributed by atoms with Crippen molar-refractivity contribution < 1.29 is 24.0 Å². The van der Waals surface area contributed by atoms with E-state index >= 15 is 0 Å². The average molecular weight is 536 g/mol. The molecule has 6 atom stereocenters. The molecule has 0 aromatic carbocycles. The van der Waals surface area contributed by atoms with Gasteiger partial charge in [-0.1, -0.05) is 34.1 Å². The van der Waals surface area contributed by atoms with Crippen LogP contribution in [-0.4, -0.2) is 66.8 Å². The zero-order chi connectivity index (χ0) is 28.1. The summed E-state index contributed by atoms with van der Waals surface area (Å²) in [4.78, 5) is 30.2. The molecule has 1 aliphatic heterocycles. The van der Waals surface area contributed by atoms with Crippen LogP contribution < -0.4 is 22.1 Å². The number of hydrogen-bond donors (Lipinski definition) is 5. The van der Waals surface area contributed by atoms with E-state index in [1.54, 1.807) is 0 Å². The van der Waals surface area contributed by atoms with Crippen LogP contribution in [0.15, 0.2) is 4.99 Å². The van der Waals surface area contributed by atoms with Crippen LogP contribution in [-0.2, 0) is 18.9 Å². The topological polar surface area (TPSA) is 161 Å². The van der Waals surface area contributed by atoms with E-state index in [0.717, 1.165) is 12.8 Å². The molecule has 3 aliphatic carbocycles. The van der Waals surface area contributed by atoms with Gasteiger partial charge in [0.25, 0.3) is 0 Å². The van der Waals surface area contributed by atoms with Gasteiger partial charge >= 0.3 is 7.12 Å². The van der Waals surface area contributed by atoms with Gasteiger partial charge in [0, 0.05) is 19.6 Å². The number of hydrogen-bond acceptors (Lipinski definition) is 6. The first-order valence-corrected chi connectivity index (χ1v) is 14.5. The third-order valence-electron chi connectivity index (χ3n) is 9.01. The molecule has 10 nitrogen and oxygen atoms in total. The zero-order valence-corrected chi connectivity index (χ0v) is 24.0. The highest BCUT2D eigenvalue weighted by Crippen LogP contribution is 2.65. The average Bonchev–Trinajstić information content (AvgIpc) is 3.20. The van der Waals surface area contributed by atoms with Gasteiger partial charge in [0.05, 0.1) is 17.6 Å². The van der Waals surface area contributed by atoms with Gasteiger partial charge in [0.15, 0.2) is 5.96 Å². The normalized spacial score (nSPS) is 28.7. The Morgan fingerprint density at radius 3 is 2.47 bits per heavy atom. The van der Waals surface area contributed by atoms with Gasteiger partial charge in [-0.3, -0.25) is 14.6 Å². The minimum absolute atomic E-state index is 0.00231. The summed E-state index contributed by atoms with van der Waals surface area (Å²) in [6.45, 7) is 11.6. The SMILES string of the molecule is CC(C)C[C@H](NC(=O)[C@H](CCCN=C(N)N)NC(=O)CCCCCO)B1O[C@@H]2C[C@@H]3C[C@@H](C3(C)C)[C@]2(C)O1. The van der Waals surface area contributed by atoms with Gasteiger partial charge in [0.2, 0.25) is 11.8 Å². The number of nitrogens with zero attached hydrogens (tertiary/aromatic N) is 1. The van der Waals surface area contributed by atoms with Crippen LogP contribution in [0.5, 0.6) is 0 Å². The van der Waals surface area contributed by atoms with Crippen molar-refractivity contribution in [1.29, 1.82) is 0 Å². The lowest BCUT2D eigenvalue weighted by molar-refractivity contribution is -0.199. The molecule has 3 saturated carbocycles. The summed E-state index contributed by atoms with van der Waals surface area (Å²) < 4.78 is 13.2. The zero-order valence-electron chi connectivity index (χ0n) is 24.0. The number of amides is 2. The van der Waals surface area contributed by atoms with Crippen molar-refractivity contribution in [2.75, 3.05) is 13.2 Å². The second kappa shape index (κ2) is 13.0. The summed E-state index contributed by atoms with van der Waals surface area (Å²) in [5.41, 5.74) is 10.8. The molecule has 0 radical (unpaired) electrons. The van der Waals surface area contributed by atoms with Crippen molar-refractivity contribution >= 4 is 24.9 Å². The number of guanidine groups is 1. The Hall–Kier alpha value is -1.85. The Kier molecular flexibility index (Phi) is 10.5. The summed E-state index contributed by atoms with van der Waals surface area (Å²) in [7, 11) is -0.525. The number of aliphatic hydroxyl groups is 1. The van der Waals surface area contributed by atoms with Crippen molar-refractivity contribution in [2.45, 2.75) is 116 Å². The van der Waals surface area contributed by atoms with Crippen molar-refractivity contribution in [1.82, 2.24) is 10.6 Å². The number of aliphatic hydroxyl groups excluding tert-OH is 1. The molecule has 0 aromatic rings. The number of carbonyl (C=O) groups is 2. The fourth-order valence-corrected chi connectivity index (χ4v) is 6.71. The molecule has 0 aromatic heterocycles. The molecular formula is C27H50BN5O5. The van der Waals surface area contributed by atoms with Crippen molar-refractivity contribution in [3.63, 3.8) is 0 Å². The lowest BCUT2D eigenvalue weighted by Gasteiger charge is -2.64. The van der Waals surface area contributed by atoms with Crippen molar-refractivity contribution in [2.24, 2.45) is 39.6 Å². The van der Waals surface area contributed by atoms with Gasteiger partial charge in [-0.25, -0.2) is 0 Å². The predicted octanol–water partition coefficient (Wildman–Crippen LogP) is 1.88. The van der Waals surface area contributed by atoms with Crippen molar-refractivity contribution in [3.8, 4) is 0 Å². The highest BCUT2D eigenvalue weighted by Gasteiger charge is 2.68. The second-order valence-corrected chi connectivity index (χ2v) is 12.7.